The summed E-state index contributed by atoms with van der Waals surface area (Å²) in [6.45, 7) is 3.98. The maximum absolute atomic E-state index is 11.4. The van der Waals surface area contributed by atoms with Gasteiger partial charge in [-0.1, -0.05) is 49.4 Å². The van der Waals surface area contributed by atoms with Crippen LogP contribution in [-0.2, 0) is 6.42 Å². The highest BCUT2D eigenvalue weighted by Crippen LogP contribution is 2.20. The highest BCUT2D eigenvalue weighted by Gasteiger charge is 2.08. The summed E-state index contributed by atoms with van der Waals surface area (Å²) in [5, 5.41) is 0.623. The third kappa shape index (κ3) is 4.72. The van der Waals surface area contributed by atoms with Gasteiger partial charge in [-0.2, -0.15) is 0 Å². The lowest BCUT2D eigenvalue weighted by Gasteiger charge is -2.12. The van der Waals surface area contributed by atoms with Crippen molar-refractivity contribution in [2.24, 2.45) is 5.73 Å². The van der Waals surface area contributed by atoms with Crippen LogP contribution in [0.1, 0.15) is 36.2 Å². The number of rotatable bonds is 6. The summed E-state index contributed by atoms with van der Waals surface area (Å²) in [7, 11) is 0. The van der Waals surface area contributed by atoms with Gasteiger partial charge in [0.2, 0.25) is 0 Å². The molecule has 0 spiro atoms. The Morgan fingerprint density at radius 3 is 2.67 bits per heavy atom. The van der Waals surface area contributed by atoms with E-state index in [2.05, 4.69) is 41.2 Å². The standard InChI is InChI=1S/C16H21N3OS/c1-3-4-12-5-7-13(8-6-12)14(17)10-21-16-18-11(2)9-15(20)19-16/h5-9,14H,3-4,10,17H2,1-2H3,(H,18,19,20). The Kier molecular flexibility index (Phi) is 5.59. The van der Waals surface area contributed by atoms with Gasteiger partial charge in [-0.15, -0.1) is 0 Å². The van der Waals surface area contributed by atoms with E-state index in [1.807, 2.05) is 6.92 Å². The fourth-order valence-electron chi connectivity index (χ4n) is 2.11. The topological polar surface area (TPSA) is 71.8 Å². The highest BCUT2D eigenvalue weighted by molar-refractivity contribution is 7.99. The molecule has 5 heteroatoms. The van der Waals surface area contributed by atoms with Gasteiger partial charge in [-0.25, -0.2) is 4.98 Å². The van der Waals surface area contributed by atoms with Gasteiger partial charge in [0.25, 0.3) is 5.56 Å². The lowest BCUT2D eigenvalue weighted by molar-refractivity contribution is 0.820. The average molecular weight is 303 g/mol. The maximum atomic E-state index is 11.4. The number of aromatic amines is 1. The molecule has 0 bridgehead atoms. The van der Waals surface area contributed by atoms with E-state index in [1.165, 1.54) is 23.4 Å². The second-order valence-electron chi connectivity index (χ2n) is 5.10. The molecule has 21 heavy (non-hydrogen) atoms. The second kappa shape index (κ2) is 7.43. The summed E-state index contributed by atoms with van der Waals surface area (Å²) in [6, 6.07) is 9.85. The predicted octanol–water partition coefficient (Wildman–Crippen LogP) is 2.82. The molecule has 0 aliphatic rings. The van der Waals surface area contributed by atoms with Gasteiger partial charge < -0.3 is 10.7 Å². The minimum atomic E-state index is -0.123. The van der Waals surface area contributed by atoms with E-state index in [0.717, 1.165) is 24.1 Å². The molecule has 1 heterocycles. The molecule has 112 valence electrons. The summed E-state index contributed by atoms with van der Waals surface area (Å²) in [5.41, 5.74) is 9.25. The normalized spacial score (nSPS) is 12.3. The molecular weight excluding hydrogens is 282 g/mol. The molecular formula is C16H21N3OS. The van der Waals surface area contributed by atoms with Crippen molar-refractivity contribution in [2.45, 2.75) is 37.9 Å². The number of thioether (sulfide) groups is 1. The largest absolute Gasteiger partial charge is 0.323 e. The molecule has 0 aliphatic carbocycles. The Hall–Kier alpha value is -1.59. The minimum Gasteiger partial charge on any atom is -0.323 e. The van der Waals surface area contributed by atoms with Crippen LogP contribution < -0.4 is 11.3 Å². The molecule has 0 amide bonds. The van der Waals surface area contributed by atoms with Crippen molar-refractivity contribution < 1.29 is 0 Å². The van der Waals surface area contributed by atoms with E-state index in [4.69, 9.17) is 5.73 Å². The minimum absolute atomic E-state index is 0.0727. The Morgan fingerprint density at radius 2 is 2.05 bits per heavy atom. The maximum Gasteiger partial charge on any atom is 0.251 e. The van der Waals surface area contributed by atoms with Gasteiger partial charge >= 0.3 is 0 Å². The van der Waals surface area contributed by atoms with Crippen LogP contribution in [-0.4, -0.2) is 15.7 Å². The Balaban J connectivity index is 1.97. The number of aromatic nitrogens is 2. The lowest BCUT2D eigenvalue weighted by atomic mass is 10.0. The van der Waals surface area contributed by atoms with E-state index in [0.29, 0.717) is 10.9 Å². The summed E-state index contributed by atoms with van der Waals surface area (Å²) >= 11 is 1.47. The molecule has 0 aliphatic heterocycles. The molecule has 3 N–H and O–H groups in total. The third-order valence-corrected chi connectivity index (χ3v) is 4.19. The first kappa shape index (κ1) is 15.8. The summed E-state index contributed by atoms with van der Waals surface area (Å²) in [5.74, 6) is 0.680. The van der Waals surface area contributed by atoms with Crippen LogP contribution in [0.4, 0.5) is 0 Å². The van der Waals surface area contributed by atoms with Gasteiger partial charge in [0.1, 0.15) is 0 Å². The van der Waals surface area contributed by atoms with Gasteiger partial charge in [-0.3, -0.25) is 4.79 Å². The Bertz CT molecular complexity index is 637. The van der Waals surface area contributed by atoms with Crippen molar-refractivity contribution in [1.29, 1.82) is 0 Å². The molecule has 1 atom stereocenters. The molecule has 1 aromatic heterocycles. The molecule has 4 nitrogen and oxygen atoms in total. The van der Waals surface area contributed by atoms with Crippen LogP contribution in [0.25, 0.3) is 0 Å². The van der Waals surface area contributed by atoms with Crippen molar-refractivity contribution in [3.63, 3.8) is 0 Å². The van der Waals surface area contributed by atoms with Crippen molar-refractivity contribution >= 4 is 11.8 Å². The first-order valence-electron chi connectivity index (χ1n) is 7.13. The van der Waals surface area contributed by atoms with E-state index >= 15 is 0 Å². The van der Waals surface area contributed by atoms with E-state index in [9.17, 15) is 4.79 Å². The number of benzene rings is 1. The van der Waals surface area contributed by atoms with Gasteiger partial charge in [0.05, 0.1) is 0 Å². The van der Waals surface area contributed by atoms with E-state index in [-0.39, 0.29) is 11.6 Å². The van der Waals surface area contributed by atoms with Crippen LogP contribution in [0, 0.1) is 6.92 Å². The Labute approximate surface area is 129 Å². The van der Waals surface area contributed by atoms with Gasteiger partial charge in [0.15, 0.2) is 5.16 Å². The number of H-pyrrole nitrogens is 1. The molecule has 2 aromatic rings. The molecule has 0 fully saturated rings. The zero-order chi connectivity index (χ0) is 15.2. The SMILES string of the molecule is CCCc1ccc(C(N)CSc2nc(C)cc(=O)[nH]2)cc1. The van der Waals surface area contributed by atoms with Gasteiger partial charge in [0, 0.05) is 23.6 Å². The monoisotopic (exact) mass is 303 g/mol. The highest BCUT2D eigenvalue weighted by atomic mass is 32.2. The molecule has 1 aromatic carbocycles. The molecule has 1 unspecified atom stereocenters. The summed E-state index contributed by atoms with van der Waals surface area (Å²) in [6.07, 6.45) is 2.24. The number of hydrogen-bond acceptors (Lipinski definition) is 4. The van der Waals surface area contributed by atoms with Crippen molar-refractivity contribution in [1.82, 2.24) is 9.97 Å². The molecule has 2 rings (SSSR count). The number of hydrogen-bond donors (Lipinski definition) is 2. The van der Waals surface area contributed by atoms with Crippen LogP contribution in [0.2, 0.25) is 0 Å². The van der Waals surface area contributed by atoms with Crippen LogP contribution in [0.5, 0.6) is 0 Å². The molecule has 0 saturated carbocycles. The number of aryl methyl sites for hydroxylation is 2. The number of nitrogens with one attached hydrogen (secondary N) is 1. The smallest absolute Gasteiger partial charge is 0.251 e. The number of nitrogens with two attached hydrogens (primary N) is 1. The predicted molar refractivity (Wildman–Crippen MR) is 87.7 cm³/mol. The van der Waals surface area contributed by atoms with Crippen LogP contribution >= 0.6 is 11.8 Å². The zero-order valence-electron chi connectivity index (χ0n) is 12.4. The fraction of sp³-hybridized carbons (Fsp3) is 0.375. The van der Waals surface area contributed by atoms with Crippen molar-refractivity contribution in [3.8, 4) is 0 Å². The number of nitrogens with zero attached hydrogens (tertiary/aromatic N) is 1. The lowest BCUT2D eigenvalue weighted by Crippen LogP contribution is -2.14. The summed E-state index contributed by atoms with van der Waals surface area (Å²) in [4.78, 5) is 18.4. The van der Waals surface area contributed by atoms with Crippen molar-refractivity contribution in [3.05, 3.63) is 57.5 Å². The van der Waals surface area contributed by atoms with Crippen LogP contribution in [0.3, 0.4) is 0 Å². The second-order valence-corrected chi connectivity index (χ2v) is 6.11. The molecule has 0 saturated heterocycles. The zero-order valence-corrected chi connectivity index (χ0v) is 13.2. The van der Waals surface area contributed by atoms with E-state index in [1.54, 1.807) is 0 Å². The summed E-state index contributed by atoms with van der Waals surface area (Å²) < 4.78 is 0. The Morgan fingerprint density at radius 1 is 1.33 bits per heavy atom. The van der Waals surface area contributed by atoms with E-state index < -0.39 is 0 Å². The van der Waals surface area contributed by atoms with Crippen LogP contribution in [0.15, 0.2) is 40.3 Å². The van der Waals surface area contributed by atoms with Crippen molar-refractivity contribution in [2.75, 3.05) is 5.75 Å². The molecule has 0 radical (unpaired) electrons. The first-order valence-corrected chi connectivity index (χ1v) is 8.12. The van der Waals surface area contributed by atoms with Gasteiger partial charge in [-0.05, 0) is 24.5 Å². The third-order valence-electron chi connectivity index (χ3n) is 3.19. The quantitative estimate of drug-likeness (QED) is 0.636. The first-order chi connectivity index (χ1) is 10.1. The fourth-order valence-corrected chi connectivity index (χ4v) is 3.02. The average Bonchev–Trinajstić information content (AvgIpc) is 2.45.